The van der Waals surface area contributed by atoms with E-state index in [2.05, 4.69) is 29.9 Å². The molecule has 0 unspecified atom stereocenters. The molecular formula is C40H54N4O7. The van der Waals surface area contributed by atoms with E-state index >= 15 is 0 Å². The Balaban J connectivity index is 1.48. The minimum atomic E-state index is -1.24. The lowest BCUT2D eigenvalue weighted by Gasteiger charge is -2.37. The van der Waals surface area contributed by atoms with Crippen LogP contribution in [0.5, 0.6) is 5.75 Å². The fourth-order valence-corrected chi connectivity index (χ4v) is 7.52. The summed E-state index contributed by atoms with van der Waals surface area (Å²) in [6, 6.07) is 4.25. The number of aryl methyl sites for hydroxylation is 3. The normalized spacial score (nSPS) is 24.2. The summed E-state index contributed by atoms with van der Waals surface area (Å²) in [6.45, 7) is 18.9. The summed E-state index contributed by atoms with van der Waals surface area (Å²) < 4.78 is 17.8. The Morgan fingerprint density at radius 3 is 2.57 bits per heavy atom. The van der Waals surface area contributed by atoms with E-state index in [1.165, 1.54) is 4.90 Å². The highest BCUT2D eigenvalue weighted by Crippen LogP contribution is 2.47. The van der Waals surface area contributed by atoms with Gasteiger partial charge in [0.05, 0.1) is 24.4 Å². The molecule has 1 aromatic heterocycles. The van der Waals surface area contributed by atoms with Gasteiger partial charge in [0.25, 0.3) is 0 Å². The van der Waals surface area contributed by atoms with Crippen molar-refractivity contribution >= 4 is 34.8 Å². The van der Waals surface area contributed by atoms with Gasteiger partial charge in [0.15, 0.2) is 0 Å². The second-order valence-electron chi connectivity index (χ2n) is 15.3. The standard InChI is InChI=1S/C40H54N4O7/c1-9-12-13-14-15-16-31(42-37(48)51-38(6,7)8)35(46)44-24-39(23-32(44)34(45)43-40(22-27(40)10-2)36(47)49-11-3)20-19-28-29-21-25(4)17-18-30(29)41-26(5)33(28)50-39/h9-10,17-18,21,27,31-32H,1-2,11-16,19-20,22-24H2,3-8H3,(H,42,48)(H,43,45)/t27-,31+,32+,39-,40-/m1/s1. The Hall–Kier alpha value is -4.41. The molecule has 1 spiro atoms. The summed E-state index contributed by atoms with van der Waals surface area (Å²) in [4.78, 5) is 61.6. The smallest absolute Gasteiger partial charge is 0.408 e. The summed E-state index contributed by atoms with van der Waals surface area (Å²) in [5.74, 6) is -1.01. The number of alkyl carbamates (subject to hydrolysis) is 1. The summed E-state index contributed by atoms with van der Waals surface area (Å²) in [5.41, 5.74) is 0.909. The molecule has 5 atom stereocenters. The van der Waals surface area contributed by atoms with E-state index in [1.54, 1.807) is 33.8 Å². The number of likely N-dealkylation sites (tertiary alicyclic amines) is 1. The van der Waals surface area contributed by atoms with Gasteiger partial charge in [0.1, 0.15) is 34.6 Å². The van der Waals surface area contributed by atoms with Crippen molar-refractivity contribution in [3.63, 3.8) is 0 Å². The van der Waals surface area contributed by atoms with Gasteiger partial charge < -0.3 is 29.7 Å². The molecule has 0 radical (unpaired) electrons. The molecule has 1 aliphatic carbocycles. The molecule has 1 saturated heterocycles. The zero-order chi connectivity index (χ0) is 37.1. The highest BCUT2D eigenvalue weighted by Gasteiger charge is 2.63. The second kappa shape index (κ2) is 15.1. The third-order valence-electron chi connectivity index (χ3n) is 10.2. The van der Waals surface area contributed by atoms with E-state index < -0.39 is 52.7 Å². The molecule has 2 aromatic rings. The number of ether oxygens (including phenoxy) is 3. The number of rotatable bonds is 13. The number of amides is 3. The maximum atomic E-state index is 14.7. The van der Waals surface area contributed by atoms with Gasteiger partial charge in [-0.1, -0.05) is 36.6 Å². The molecule has 11 nitrogen and oxygen atoms in total. The molecule has 2 N–H and O–H groups in total. The number of aromatic nitrogens is 1. The highest BCUT2D eigenvalue weighted by atomic mass is 16.6. The van der Waals surface area contributed by atoms with Gasteiger partial charge in [-0.05, 0) is 92.2 Å². The topological polar surface area (TPSA) is 136 Å². The van der Waals surface area contributed by atoms with Gasteiger partial charge in [-0.3, -0.25) is 9.59 Å². The summed E-state index contributed by atoms with van der Waals surface area (Å²) in [7, 11) is 0. The quantitative estimate of drug-likeness (QED) is 0.144. The molecule has 3 aliphatic rings. The number of carbonyl (C=O) groups is 4. The Morgan fingerprint density at radius 2 is 1.90 bits per heavy atom. The van der Waals surface area contributed by atoms with Crippen molar-refractivity contribution in [1.29, 1.82) is 0 Å². The van der Waals surface area contributed by atoms with E-state index in [4.69, 9.17) is 19.2 Å². The van der Waals surface area contributed by atoms with Gasteiger partial charge in [0, 0.05) is 23.3 Å². The fraction of sp³-hybridized carbons (Fsp3) is 0.575. The summed E-state index contributed by atoms with van der Waals surface area (Å²) >= 11 is 0. The Morgan fingerprint density at radius 1 is 1.14 bits per heavy atom. The van der Waals surface area contributed by atoms with Crippen molar-refractivity contribution in [3.05, 3.63) is 60.3 Å². The van der Waals surface area contributed by atoms with Crippen molar-refractivity contribution in [2.45, 2.75) is 128 Å². The molecule has 51 heavy (non-hydrogen) atoms. The van der Waals surface area contributed by atoms with Crippen LogP contribution in [-0.4, -0.2) is 75.7 Å². The maximum Gasteiger partial charge on any atom is 0.408 e. The predicted molar refractivity (Wildman–Crippen MR) is 195 cm³/mol. The van der Waals surface area contributed by atoms with E-state index in [0.29, 0.717) is 37.9 Å². The van der Waals surface area contributed by atoms with E-state index in [9.17, 15) is 19.2 Å². The first kappa shape index (κ1) is 37.8. The number of hydrogen-bond acceptors (Lipinski definition) is 8. The number of carbonyl (C=O) groups excluding carboxylic acids is 4. The second-order valence-corrected chi connectivity index (χ2v) is 15.3. The van der Waals surface area contributed by atoms with Crippen LogP contribution in [-0.2, 0) is 30.3 Å². The van der Waals surface area contributed by atoms with Gasteiger partial charge in [-0.2, -0.15) is 0 Å². The SMILES string of the molecule is C=CCCCCC[C@H](NC(=O)OC(C)(C)C)C(=O)N1C[C@@]2(CCc3c(c(C)nc4ccc(C)cc34)O2)C[C@H]1C(=O)N[C@]1(C(=O)OCC)C[C@H]1C=C. The van der Waals surface area contributed by atoms with Crippen molar-refractivity contribution in [3.8, 4) is 5.75 Å². The van der Waals surface area contributed by atoms with Crippen molar-refractivity contribution in [1.82, 2.24) is 20.5 Å². The third kappa shape index (κ3) is 8.23. The van der Waals surface area contributed by atoms with Crippen molar-refractivity contribution < 1.29 is 33.4 Å². The molecular weight excluding hydrogens is 648 g/mol. The summed E-state index contributed by atoms with van der Waals surface area (Å²) in [5, 5.41) is 6.82. The van der Waals surface area contributed by atoms with Gasteiger partial charge in [-0.25, -0.2) is 14.6 Å². The lowest BCUT2D eigenvalue weighted by atomic mass is 9.87. The molecule has 1 saturated carbocycles. The van der Waals surface area contributed by atoms with E-state index in [-0.39, 0.29) is 25.5 Å². The predicted octanol–water partition coefficient (Wildman–Crippen LogP) is 6.17. The molecule has 3 amide bonds. The van der Waals surface area contributed by atoms with Crippen LogP contribution in [0.2, 0.25) is 0 Å². The number of nitrogens with one attached hydrogen (secondary N) is 2. The number of fused-ring (bicyclic) bond motifs is 3. The van der Waals surface area contributed by atoms with Crippen LogP contribution in [0.4, 0.5) is 4.79 Å². The van der Waals surface area contributed by atoms with Crippen LogP contribution in [0.25, 0.3) is 10.9 Å². The molecule has 276 valence electrons. The van der Waals surface area contributed by atoms with Gasteiger partial charge in [-0.15, -0.1) is 13.2 Å². The minimum absolute atomic E-state index is 0.120. The van der Waals surface area contributed by atoms with Crippen LogP contribution in [0, 0.1) is 19.8 Å². The number of pyridine rings is 1. The molecule has 1 aromatic carbocycles. The lowest BCUT2D eigenvalue weighted by Crippen LogP contribution is -2.57. The number of hydrogen-bond donors (Lipinski definition) is 2. The van der Waals surface area contributed by atoms with Crippen molar-refractivity contribution in [2.24, 2.45) is 5.92 Å². The third-order valence-corrected chi connectivity index (χ3v) is 10.2. The number of unbranched alkanes of at least 4 members (excludes halogenated alkanes) is 3. The Kier molecular flexibility index (Phi) is 11.2. The lowest BCUT2D eigenvalue weighted by molar-refractivity contribution is -0.150. The molecule has 2 fully saturated rings. The highest BCUT2D eigenvalue weighted by molar-refractivity contribution is 5.97. The number of esters is 1. The number of allylic oxidation sites excluding steroid dienone is 1. The minimum Gasteiger partial charge on any atom is -0.483 e. The van der Waals surface area contributed by atoms with Crippen LogP contribution in [0.3, 0.4) is 0 Å². The first-order valence-electron chi connectivity index (χ1n) is 18.3. The average molecular weight is 703 g/mol. The molecule has 3 heterocycles. The monoisotopic (exact) mass is 702 g/mol. The number of benzene rings is 1. The van der Waals surface area contributed by atoms with Gasteiger partial charge >= 0.3 is 12.1 Å². The largest absolute Gasteiger partial charge is 0.483 e. The fourth-order valence-electron chi connectivity index (χ4n) is 7.52. The first-order valence-corrected chi connectivity index (χ1v) is 18.3. The average Bonchev–Trinajstić information content (AvgIpc) is 3.67. The van der Waals surface area contributed by atoms with Crippen LogP contribution < -0.4 is 15.4 Å². The molecule has 5 rings (SSSR count). The molecule has 0 bridgehead atoms. The Labute approximate surface area is 301 Å². The van der Waals surface area contributed by atoms with Crippen LogP contribution in [0.1, 0.15) is 95.9 Å². The molecule has 2 aliphatic heterocycles. The zero-order valence-corrected chi connectivity index (χ0v) is 31.1. The summed E-state index contributed by atoms with van der Waals surface area (Å²) in [6.07, 6.45) is 8.21. The van der Waals surface area contributed by atoms with Crippen LogP contribution >= 0.6 is 0 Å². The molecule has 11 heteroatoms. The van der Waals surface area contributed by atoms with Gasteiger partial charge in [0.2, 0.25) is 11.8 Å². The first-order chi connectivity index (χ1) is 24.2. The number of nitrogens with zero attached hydrogens (tertiary/aromatic N) is 2. The maximum absolute atomic E-state index is 14.7. The van der Waals surface area contributed by atoms with E-state index in [1.807, 2.05) is 32.1 Å². The van der Waals surface area contributed by atoms with Crippen LogP contribution in [0.15, 0.2) is 43.5 Å². The van der Waals surface area contributed by atoms with E-state index in [0.717, 1.165) is 47.0 Å². The van der Waals surface area contributed by atoms with Crippen molar-refractivity contribution in [2.75, 3.05) is 13.2 Å². The zero-order valence-electron chi connectivity index (χ0n) is 31.1. The Bertz CT molecular complexity index is 1700.